The number of hydrogen-bond donors (Lipinski definition) is 0. The van der Waals surface area contributed by atoms with Gasteiger partial charge in [0, 0.05) is 77.2 Å². The molecule has 6 heteroatoms. The van der Waals surface area contributed by atoms with Crippen molar-refractivity contribution in [3.05, 3.63) is 164 Å². The van der Waals surface area contributed by atoms with E-state index in [0.29, 0.717) is 17.5 Å². The van der Waals surface area contributed by atoms with Gasteiger partial charge in [-0.15, -0.1) is 34.0 Å². The van der Waals surface area contributed by atoms with Gasteiger partial charge in [0.15, 0.2) is 17.5 Å². The third-order valence-corrected chi connectivity index (χ3v) is 14.1. The SMILES string of the molecule is c1ccc2c(-c3cccc4sc5cc(-c6nc(-c7ccc8c(c7)sc7ccccc78)nc(-c7ccc8c(c7)sc7ccccc78)n6)ccc5c34)cccc2c1. The second-order valence-electron chi connectivity index (χ2n) is 13.9. The second kappa shape index (κ2) is 12.1. The molecule has 0 bridgehead atoms. The van der Waals surface area contributed by atoms with Crippen LogP contribution in [0, 0.1) is 0 Å². The first-order valence-electron chi connectivity index (χ1n) is 18.3. The van der Waals surface area contributed by atoms with Crippen LogP contribution >= 0.6 is 34.0 Å². The molecule has 4 heterocycles. The van der Waals surface area contributed by atoms with Crippen LogP contribution in [0.2, 0.25) is 0 Å². The molecule has 12 rings (SSSR count). The van der Waals surface area contributed by atoms with Crippen molar-refractivity contribution in [3.8, 4) is 45.3 Å². The van der Waals surface area contributed by atoms with Crippen LogP contribution in [0.15, 0.2) is 164 Å². The van der Waals surface area contributed by atoms with E-state index in [2.05, 4.69) is 164 Å². The molecule has 0 saturated carbocycles. The molecule has 0 atom stereocenters. The third-order valence-electron chi connectivity index (χ3n) is 10.7. The van der Waals surface area contributed by atoms with Crippen LogP contribution < -0.4 is 0 Å². The van der Waals surface area contributed by atoms with E-state index in [9.17, 15) is 0 Å². The lowest BCUT2D eigenvalue weighted by molar-refractivity contribution is 1.08. The Kier molecular flexibility index (Phi) is 6.84. The summed E-state index contributed by atoms with van der Waals surface area (Å²) < 4.78 is 7.49. The maximum Gasteiger partial charge on any atom is 0.164 e. The van der Waals surface area contributed by atoms with Crippen molar-refractivity contribution >= 4 is 105 Å². The van der Waals surface area contributed by atoms with Crippen LogP contribution in [-0.4, -0.2) is 15.0 Å². The number of thiophene rings is 3. The fourth-order valence-electron chi connectivity index (χ4n) is 8.14. The molecular formula is C49H27N3S3. The Balaban J connectivity index is 1.04. The summed E-state index contributed by atoms with van der Waals surface area (Å²) in [5.41, 5.74) is 5.45. The zero-order valence-electron chi connectivity index (χ0n) is 29.2. The lowest BCUT2D eigenvalue weighted by atomic mass is 9.94. The highest BCUT2D eigenvalue weighted by Gasteiger charge is 2.18. The van der Waals surface area contributed by atoms with E-state index in [1.165, 1.54) is 82.4 Å². The van der Waals surface area contributed by atoms with E-state index < -0.39 is 0 Å². The van der Waals surface area contributed by atoms with E-state index in [1.807, 2.05) is 34.0 Å². The Bertz CT molecular complexity index is 3380. The van der Waals surface area contributed by atoms with Gasteiger partial charge in [0.1, 0.15) is 0 Å². The van der Waals surface area contributed by atoms with Crippen molar-refractivity contribution in [2.45, 2.75) is 0 Å². The average Bonchev–Trinajstić information content (AvgIpc) is 3.93. The Labute approximate surface area is 327 Å². The van der Waals surface area contributed by atoms with E-state index in [-0.39, 0.29) is 0 Å². The van der Waals surface area contributed by atoms with Gasteiger partial charge >= 0.3 is 0 Å². The maximum atomic E-state index is 5.21. The first-order valence-corrected chi connectivity index (χ1v) is 20.7. The molecule has 0 saturated heterocycles. The molecule has 55 heavy (non-hydrogen) atoms. The van der Waals surface area contributed by atoms with E-state index in [1.54, 1.807) is 0 Å². The normalized spacial score (nSPS) is 12.0. The van der Waals surface area contributed by atoms with Crippen LogP contribution in [0.1, 0.15) is 0 Å². The number of rotatable bonds is 4. The summed E-state index contributed by atoms with van der Waals surface area (Å²) in [7, 11) is 0. The molecule has 0 fully saturated rings. The summed E-state index contributed by atoms with van der Waals surface area (Å²) >= 11 is 5.44. The Morgan fingerprint density at radius 1 is 0.291 bits per heavy atom. The molecule has 0 aliphatic heterocycles. The highest BCUT2D eigenvalue weighted by atomic mass is 32.1. The van der Waals surface area contributed by atoms with Gasteiger partial charge in [-0.3, -0.25) is 0 Å². The van der Waals surface area contributed by atoms with Crippen molar-refractivity contribution in [1.29, 1.82) is 0 Å². The van der Waals surface area contributed by atoms with Gasteiger partial charge < -0.3 is 0 Å². The second-order valence-corrected chi connectivity index (χ2v) is 17.2. The van der Waals surface area contributed by atoms with Gasteiger partial charge in [0.25, 0.3) is 0 Å². The van der Waals surface area contributed by atoms with Gasteiger partial charge in [-0.2, -0.15) is 0 Å². The quantitative estimate of drug-likeness (QED) is 0.180. The van der Waals surface area contributed by atoms with Gasteiger partial charge in [-0.25, -0.2) is 15.0 Å². The lowest BCUT2D eigenvalue weighted by Gasteiger charge is -2.10. The number of fused-ring (bicyclic) bond motifs is 10. The average molecular weight is 754 g/mol. The van der Waals surface area contributed by atoms with Crippen LogP contribution in [0.5, 0.6) is 0 Å². The predicted octanol–water partition coefficient (Wildman–Crippen LogP) is 14.8. The van der Waals surface area contributed by atoms with Gasteiger partial charge in [0.05, 0.1) is 0 Å². The molecule has 0 unspecified atom stereocenters. The van der Waals surface area contributed by atoms with Crippen LogP contribution in [0.25, 0.3) is 117 Å². The highest BCUT2D eigenvalue weighted by molar-refractivity contribution is 7.26. The largest absolute Gasteiger partial charge is 0.208 e. The standard InChI is InChI=1S/C49H27N3S3/c1-2-11-32-28(9-1)10-7-14-33(32)38-15-8-18-42-46(38)39-24-21-31(27-45(39)55-42)49-51-47(29-19-22-36-34-12-3-5-16-40(34)53-43(36)25-29)50-48(52-49)30-20-23-37-35-13-4-6-17-41(35)54-44(37)26-30/h1-27H. The molecule has 0 N–H and O–H groups in total. The van der Waals surface area contributed by atoms with E-state index in [0.717, 1.165) is 16.7 Å². The molecule has 8 aromatic carbocycles. The van der Waals surface area contributed by atoms with Crippen LogP contribution in [0.3, 0.4) is 0 Å². The Hall–Kier alpha value is -6.31. The predicted molar refractivity (Wildman–Crippen MR) is 238 cm³/mol. The Morgan fingerprint density at radius 2 is 0.709 bits per heavy atom. The highest BCUT2D eigenvalue weighted by Crippen LogP contribution is 2.44. The summed E-state index contributed by atoms with van der Waals surface area (Å²) in [6.07, 6.45) is 0. The minimum Gasteiger partial charge on any atom is -0.208 e. The van der Waals surface area contributed by atoms with Gasteiger partial charge in [-0.05, 0) is 58.3 Å². The maximum absolute atomic E-state index is 5.21. The van der Waals surface area contributed by atoms with Crippen LogP contribution in [0.4, 0.5) is 0 Å². The molecule has 3 nitrogen and oxygen atoms in total. The van der Waals surface area contributed by atoms with Gasteiger partial charge in [0.2, 0.25) is 0 Å². The summed E-state index contributed by atoms with van der Waals surface area (Å²) in [6.45, 7) is 0. The first-order chi connectivity index (χ1) is 27.2. The molecule has 0 aliphatic carbocycles. The number of nitrogens with zero attached hydrogens (tertiary/aromatic N) is 3. The summed E-state index contributed by atoms with van der Waals surface area (Å²) in [5, 5.41) is 10.1. The van der Waals surface area contributed by atoms with Crippen molar-refractivity contribution < 1.29 is 0 Å². The monoisotopic (exact) mass is 753 g/mol. The minimum absolute atomic E-state index is 0.668. The molecule has 0 aliphatic rings. The summed E-state index contributed by atoms with van der Waals surface area (Å²) in [4.78, 5) is 15.6. The van der Waals surface area contributed by atoms with Gasteiger partial charge in [-0.1, -0.05) is 127 Å². The molecular weight excluding hydrogens is 727 g/mol. The lowest BCUT2D eigenvalue weighted by Crippen LogP contribution is -2.00. The number of aromatic nitrogens is 3. The zero-order chi connectivity index (χ0) is 36.0. The Morgan fingerprint density at radius 3 is 1.33 bits per heavy atom. The van der Waals surface area contributed by atoms with E-state index >= 15 is 0 Å². The van der Waals surface area contributed by atoms with Crippen molar-refractivity contribution in [2.75, 3.05) is 0 Å². The van der Waals surface area contributed by atoms with Crippen molar-refractivity contribution in [1.82, 2.24) is 15.0 Å². The smallest absolute Gasteiger partial charge is 0.164 e. The van der Waals surface area contributed by atoms with Crippen molar-refractivity contribution in [3.63, 3.8) is 0 Å². The minimum atomic E-state index is 0.668. The molecule has 256 valence electrons. The number of hydrogen-bond acceptors (Lipinski definition) is 6. The fraction of sp³-hybridized carbons (Fsp3) is 0. The summed E-state index contributed by atoms with van der Waals surface area (Å²) in [5.74, 6) is 2.01. The molecule has 12 aromatic rings. The van der Waals surface area contributed by atoms with E-state index in [4.69, 9.17) is 15.0 Å². The molecule has 4 aromatic heterocycles. The topological polar surface area (TPSA) is 38.7 Å². The molecule has 0 radical (unpaired) electrons. The molecule has 0 spiro atoms. The number of benzene rings is 8. The van der Waals surface area contributed by atoms with Crippen molar-refractivity contribution in [2.24, 2.45) is 0 Å². The first kappa shape index (κ1) is 31.1. The zero-order valence-corrected chi connectivity index (χ0v) is 31.6. The third kappa shape index (κ3) is 4.96. The summed E-state index contributed by atoms with van der Waals surface area (Å²) in [6, 6.07) is 59.1. The van der Waals surface area contributed by atoms with Crippen LogP contribution in [-0.2, 0) is 0 Å². The molecule has 0 amide bonds. The fourth-order valence-corrected chi connectivity index (χ4v) is 11.6.